The van der Waals surface area contributed by atoms with Crippen LogP contribution in [0.1, 0.15) is 11.1 Å². The van der Waals surface area contributed by atoms with E-state index in [1.54, 1.807) is 7.11 Å². The Hall–Kier alpha value is -2.49. The smallest absolute Gasteiger partial charge is 0.243 e. The van der Waals surface area contributed by atoms with Crippen LogP contribution in [0.5, 0.6) is 11.5 Å². The van der Waals surface area contributed by atoms with Crippen LogP contribution in [0.3, 0.4) is 0 Å². The monoisotopic (exact) mass is 267 g/mol. The van der Waals surface area contributed by atoms with Crippen LogP contribution in [0.15, 0.2) is 42.5 Å². The van der Waals surface area contributed by atoms with Crippen molar-refractivity contribution in [2.45, 2.75) is 5.41 Å². The van der Waals surface area contributed by atoms with Gasteiger partial charge in [-0.05, 0) is 17.7 Å². The summed E-state index contributed by atoms with van der Waals surface area (Å²) in [5.41, 5.74) is 2.03. The van der Waals surface area contributed by atoms with Gasteiger partial charge in [0.1, 0.15) is 23.5 Å². The molecule has 1 N–H and O–H groups in total. The third-order valence-corrected chi connectivity index (χ3v) is 4.12. The van der Waals surface area contributed by atoms with E-state index in [-0.39, 0.29) is 5.91 Å². The number of hydrogen-bond donors (Lipinski definition) is 1. The first kappa shape index (κ1) is 11.3. The first-order chi connectivity index (χ1) is 9.75. The second kappa shape index (κ2) is 3.76. The van der Waals surface area contributed by atoms with E-state index in [0.29, 0.717) is 6.61 Å². The van der Waals surface area contributed by atoms with Crippen LogP contribution in [-0.2, 0) is 10.2 Å². The Kier molecular flexibility index (Phi) is 2.13. The van der Waals surface area contributed by atoms with Crippen LogP contribution in [-0.4, -0.2) is 19.6 Å². The van der Waals surface area contributed by atoms with Crippen molar-refractivity contribution in [2.75, 3.05) is 19.0 Å². The summed E-state index contributed by atoms with van der Waals surface area (Å²) >= 11 is 0. The molecule has 20 heavy (non-hydrogen) atoms. The van der Waals surface area contributed by atoms with E-state index in [2.05, 4.69) is 5.32 Å². The molecule has 0 radical (unpaired) electrons. The van der Waals surface area contributed by atoms with E-state index in [4.69, 9.17) is 9.47 Å². The minimum atomic E-state index is -0.724. The maximum atomic E-state index is 12.6. The van der Waals surface area contributed by atoms with E-state index in [0.717, 1.165) is 28.3 Å². The molecular formula is C16H13NO3. The summed E-state index contributed by atoms with van der Waals surface area (Å²) in [6, 6.07) is 13.4. The number of benzene rings is 2. The summed E-state index contributed by atoms with van der Waals surface area (Å²) in [5.74, 6) is 1.42. The molecule has 0 saturated heterocycles. The molecular weight excluding hydrogens is 254 g/mol. The van der Waals surface area contributed by atoms with Crippen LogP contribution in [0.2, 0.25) is 0 Å². The maximum absolute atomic E-state index is 12.6. The Labute approximate surface area is 116 Å². The van der Waals surface area contributed by atoms with Gasteiger partial charge in [-0.25, -0.2) is 0 Å². The highest BCUT2D eigenvalue weighted by molar-refractivity contribution is 6.09. The highest BCUT2D eigenvalue weighted by Crippen LogP contribution is 2.50. The third-order valence-electron chi connectivity index (χ3n) is 4.12. The SMILES string of the molecule is COc1ccc2c(c1)OCC21C(=O)Nc2ccccc21. The number of amides is 1. The van der Waals surface area contributed by atoms with Gasteiger partial charge in [0.25, 0.3) is 0 Å². The van der Waals surface area contributed by atoms with E-state index < -0.39 is 5.41 Å². The third kappa shape index (κ3) is 1.23. The predicted octanol–water partition coefficient (Wildman–Crippen LogP) is 2.33. The average Bonchev–Trinajstić information content (AvgIpc) is 3.00. The zero-order chi connectivity index (χ0) is 13.7. The van der Waals surface area contributed by atoms with Gasteiger partial charge in [-0.15, -0.1) is 0 Å². The summed E-state index contributed by atoms with van der Waals surface area (Å²) in [5, 5.41) is 2.95. The fourth-order valence-electron chi connectivity index (χ4n) is 3.09. The average molecular weight is 267 g/mol. The minimum Gasteiger partial charge on any atom is -0.497 e. The molecule has 4 rings (SSSR count). The topological polar surface area (TPSA) is 47.6 Å². The zero-order valence-electron chi connectivity index (χ0n) is 11.0. The summed E-state index contributed by atoms with van der Waals surface area (Å²) in [6.07, 6.45) is 0. The van der Waals surface area contributed by atoms with Crippen molar-refractivity contribution in [2.24, 2.45) is 0 Å². The number of carbonyl (C=O) groups excluding carboxylic acids is 1. The summed E-state index contributed by atoms with van der Waals surface area (Å²) in [4.78, 5) is 12.6. The maximum Gasteiger partial charge on any atom is 0.243 e. The number of rotatable bonds is 1. The van der Waals surface area contributed by atoms with Gasteiger partial charge >= 0.3 is 0 Å². The Morgan fingerprint density at radius 1 is 1.20 bits per heavy atom. The minimum absolute atomic E-state index is 0.0254. The van der Waals surface area contributed by atoms with Crippen molar-refractivity contribution in [3.63, 3.8) is 0 Å². The number of hydrogen-bond acceptors (Lipinski definition) is 3. The summed E-state index contributed by atoms with van der Waals surface area (Å²) in [7, 11) is 1.62. The van der Waals surface area contributed by atoms with Crippen LogP contribution < -0.4 is 14.8 Å². The normalized spacial score (nSPS) is 22.1. The highest BCUT2D eigenvalue weighted by Gasteiger charge is 2.53. The molecule has 4 nitrogen and oxygen atoms in total. The molecule has 0 saturated carbocycles. The van der Waals surface area contributed by atoms with Gasteiger partial charge in [-0.3, -0.25) is 4.79 Å². The lowest BCUT2D eigenvalue weighted by Crippen LogP contribution is -2.37. The standard InChI is InChI=1S/C16H13NO3/c1-19-10-6-7-12-14(8-10)20-9-16(12)11-4-2-3-5-13(11)17-15(16)18/h2-8H,9H2,1H3,(H,17,18). The zero-order valence-corrected chi connectivity index (χ0v) is 11.0. The van der Waals surface area contributed by atoms with E-state index in [9.17, 15) is 4.79 Å². The van der Waals surface area contributed by atoms with E-state index in [1.165, 1.54) is 0 Å². The van der Waals surface area contributed by atoms with E-state index >= 15 is 0 Å². The predicted molar refractivity (Wildman–Crippen MR) is 74.3 cm³/mol. The number of para-hydroxylation sites is 1. The Morgan fingerprint density at radius 2 is 2.05 bits per heavy atom. The number of carbonyl (C=O) groups is 1. The fraction of sp³-hybridized carbons (Fsp3) is 0.188. The summed E-state index contributed by atoms with van der Waals surface area (Å²) in [6.45, 7) is 0.332. The van der Waals surface area contributed by atoms with Crippen molar-refractivity contribution in [1.29, 1.82) is 0 Å². The largest absolute Gasteiger partial charge is 0.497 e. The van der Waals surface area contributed by atoms with Crippen molar-refractivity contribution in [1.82, 2.24) is 0 Å². The van der Waals surface area contributed by atoms with Crippen molar-refractivity contribution >= 4 is 11.6 Å². The molecule has 0 bridgehead atoms. The van der Waals surface area contributed by atoms with Crippen molar-refractivity contribution in [3.05, 3.63) is 53.6 Å². The van der Waals surface area contributed by atoms with Crippen molar-refractivity contribution in [3.8, 4) is 11.5 Å². The van der Waals surface area contributed by atoms with Gasteiger partial charge < -0.3 is 14.8 Å². The molecule has 2 aliphatic rings. The molecule has 0 aliphatic carbocycles. The van der Waals surface area contributed by atoms with Crippen LogP contribution in [0.4, 0.5) is 5.69 Å². The number of fused-ring (bicyclic) bond motifs is 4. The van der Waals surface area contributed by atoms with Crippen LogP contribution >= 0.6 is 0 Å². The molecule has 4 heteroatoms. The van der Waals surface area contributed by atoms with Crippen LogP contribution in [0.25, 0.3) is 0 Å². The van der Waals surface area contributed by atoms with Gasteiger partial charge in [-0.2, -0.15) is 0 Å². The fourth-order valence-corrected chi connectivity index (χ4v) is 3.09. The molecule has 2 aromatic rings. The van der Waals surface area contributed by atoms with Gasteiger partial charge in [0, 0.05) is 17.3 Å². The molecule has 1 amide bonds. The lowest BCUT2D eigenvalue weighted by Gasteiger charge is -2.19. The first-order valence-electron chi connectivity index (χ1n) is 6.48. The number of ether oxygens (including phenoxy) is 2. The van der Waals surface area contributed by atoms with Gasteiger partial charge in [0.15, 0.2) is 0 Å². The summed E-state index contributed by atoms with van der Waals surface area (Å²) < 4.78 is 11.0. The molecule has 2 heterocycles. The highest BCUT2D eigenvalue weighted by atomic mass is 16.5. The molecule has 2 aliphatic heterocycles. The van der Waals surface area contributed by atoms with Gasteiger partial charge in [0.05, 0.1) is 7.11 Å². The molecule has 2 aromatic carbocycles. The van der Waals surface area contributed by atoms with Gasteiger partial charge in [-0.1, -0.05) is 24.3 Å². The molecule has 0 fully saturated rings. The Morgan fingerprint density at radius 3 is 2.90 bits per heavy atom. The number of methoxy groups -OCH3 is 1. The lowest BCUT2D eigenvalue weighted by molar-refractivity contribution is -0.119. The molecule has 100 valence electrons. The first-order valence-corrected chi connectivity index (χ1v) is 6.48. The molecule has 0 aromatic heterocycles. The number of nitrogens with one attached hydrogen (secondary N) is 1. The van der Waals surface area contributed by atoms with Crippen molar-refractivity contribution < 1.29 is 14.3 Å². The number of anilines is 1. The van der Waals surface area contributed by atoms with Crippen LogP contribution in [0, 0.1) is 0 Å². The molecule has 1 unspecified atom stereocenters. The Balaban J connectivity index is 1.95. The molecule has 1 atom stereocenters. The lowest BCUT2D eigenvalue weighted by atomic mass is 9.77. The molecule has 1 spiro atoms. The quantitative estimate of drug-likeness (QED) is 0.862. The van der Waals surface area contributed by atoms with E-state index in [1.807, 2.05) is 42.5 Å². The second-order valence-corrected chi connectivity index (χ2v) is 5.06. The van der Waals surface area contributed by atoms with Gasteiger partial charge in [0.2, 0.25) is 5.91 Å². The second-order valence-electron chi connectivity index (χ2n) is 5.06. The Bertz CT molecular complexity index is 725.